The number of hydrogen-bond acceptors (Lipinski definition) is 4. The summed E-state index contributed by atoms with van der Waals surface area (Å²) in [5, 5.41) is 10.8. The van der Waals surface area contributed by atoms with Crippen LogP contribution in [-0.4, -0.2) is 72.2 Å². The third-order valence-electron chi connectivity index (χ3n) is 6.47. The standard InChI is InChI=1S/C25H29N5O/c1-29-13-15-30(16-14-29)12-4-11-26-25(31)19-9-7-18(8-10-19)23-22-17-20-5-2-3-6-21(20)24(22)28-27-23/h2-3,5-10H,4,11-17H2,1H3,(H,26,31)(H,27,28). The minimum Gasteiger partial charge on any atom is -0.352 e. The molecule has 1 amide bonds. The molecule has 0 spiro atoms. The molecule has 1 fully saturated rings. The molecule has 0 saturated carbocycles. The number of nitrogens with one attached hydrogen (secondary N) is 2. The second-order valence-corrected chi connectivity index (χ2v) is 8.59. The van der Waals surface area contributed by atoms with E-state index < -0.39 is 0 Å². The number of nitrogens with zero attached hydrogens (tertiary/aromatic N) is 3. The number of carbonyl (C=O) groups is 1. The van der Waals surface area contributed by atoms with Crippen LogP contribution >= 0.6 is 0 Å². The summed E-state index contributed by atoms with van der Waals surface area (Å²) in [6.45, 7) is 6.24. The van der Waals surface area contributed by atoms with E-state index in [1.54, 1.807) is 0 Å². The number of H-pyrrole nitrogens is 1. The first-order valence-electron chi connectivity index (χ1n) is 11.1. The van der Waals surface area contributed by atoms with Gasteiger partial charge >= 0.3 is 0 Å². The molecule has 6 heteroatoms. The maximum atomic E-state index is 12.5. The molecule has 2 N–H and O–H groups in total. The summed E-state index contributed by atoms with van der Waals surface area (Å²) >= 11 is 0. The Morgan fingerprint density at radius 1 is 1.06 bits per heavy atom. The molecule has 6 nitrogen and oxygen atoms in total. The van der Waals surface area contributed by atoms with Crippen molar-refractivity contribution in [3.63, 3.8) is 0 Å². The van der Waals surface area contributed by atoms with E-state index in [9.17, 15) is 4.79 Å². The van der Waals surface area contributed by atoms with Crippen LogP contribution in [-0.2, 0) is 6.42 Å². The molecule has 1 saturated heterocycles. The maximum absolute atomic E-state index is 12.5. The van der Waals surface area contributed by atoms with Gasteiger partial charge < -0.3 is 15.1 Å². The number of carbonyl (C=O) groups excluding carboxylic acids is 1. The van der Waals surface area contributed by atoms with E-state index in [0.717, 1.165) is 62.5 Å². The number of aromatic amines is 1. The highest BCUT2D eigenvalue weighted by molar-refractivity contribution is 5.94. The van der Waals surface area contributed by atoms with Gasteiger partial charge in [-0.05, 0) is 37.7 Å². The number of amides is 1. The van der Waals surface area contributed by atoms with Crippen LogP contribution in [0, 0.1) is 0 Å². The van der Waals surface area contributed by atoms with Gasteiger partial charge in [0.15, 0.2) is 0 Å². The minimum atomic E-state index is -0.00964. The summed E-state index contributed by atoms with van der Waals surface area (Å²) < 4.78 is 0. The number of hydrogen-bond donors (Lipinski definition) is 2. The van der Waals surface area contributed by atoms with Gasteiger partial charge in [0.1, 0.15) is 0 Å². The average molecular weight is 416 g/mol. The first kappa shape index (κ1) is 20.0. The summed E-state index contributed by atoms with van der Waals surface area (Å²) in [5.74, 6) is -0.00964. The van der Waals surface area contributed by atoms with Crippen molar-refractivity contribution in [2.45, 2.75) is 12.8 Å². The van der Waals surface area contributed by atoms with Crippen LogP contribution in [0.4, 0.5) is 0 Å². The summed E-state index contributed by atoms with van der Waals surface area (Å²) in [6, 6.07) is 16.2. The molecule has 2 aliphatic rings. The van der Waals surface area contributed by atoms with Gasteiger partial charge in [-0.15, -0.1) is 0 Å². The molecule has 3 aromatic rings. The number of rotatable bonds is 6. The van der Waals surface area contributed by atoms with Crippen molar-refractivity contribution >= 4 is 5.91 Å². The van der Waals surface area contributed by atoms with E-state index >= 15 is 0 Å². The molecule has 2 aromatic carbocycles. The van der Waals surface area contributed by atoms with Crippen molar-refractivity contribution in [3.8, 4) is 22.5 Å². The van der Waals surface area contributed by atoms with Crippen molar-refractivity contribution < 1.29 is 4.79 Å². The lowest BCUT2D eigenvalue weighted by molar-refractivity contribution is 0.0949. The van der Waals surface area contributed by atoms with Gasteiger partial charge in [-0.1, -0.05) is 36.4 Å². The van der Waals surface area contributed by atoms with Crippen LogP contribution in [0.1, 0.15) is 27.9 Å². The predicted octanol–water partition coefficient (Wildman–Crippen LogP) is 3.02. The van der Waals surface area contributed by atoms with Crippen molar-refractivity contribution in [2.24, 2.45) is 0 Å². The monoisotopic (exact) mass is 415 g/mol. The highest BCUT2D eigenvalue weighted by Crippen LogP contribution is 2.39. The zero-order valence-corrected chi connectivity index (χ0v) is 18.0. The molecular weight excluding hydrogens is 386 g/mol. The van der Waals surface area contributed by atoms with Crippen LogP contribution in [0.15, 0.2) is 48.5 Å². The van der Waals surface area contributed by atoms with Crippen LogP contribution in [0.25, 0.3) is 22.5 Å². The zero-order valence-electron chi connectivity index (χ0n) is 18.0. The highest BCUT2D eigenvalue weighted by Gasteiger charge is 2.24. The van der Waals surface area contributed by atoms with Gasteiger partial charge in [-0.3, -0.25) is 9.89 Å². The fourth-order valence-corrected chi connectivity index (χ4v) is 4.57. The van der Waals surface area contributed by atoms with Gasteiger partial charge in [0.2, 0.25) is 0 Å². The maximum Gasteiger partial charge on any atom is 0.251 e. The SMILES string of the molecule is CN1CCN(CCCNC(=O)c2ccc(-c3n[nH]c4c3Cc3ccccc3-4)cc2)CC1. The molecule has 1 aromatic heterocycles. The molecule has 0 radical (unpaired) electrons. The van der Waals surface area contributed by atoms with Gasteiger partial charge in [-0.2, -0.15) is 5.10 Å². The second kappa shape index (κ2) is 8.65. The average Bonchev–Trinajstić information content (AvgIpc) is 3.37. The van der Waals surface area contributed by atoms with Crippen molar-refractivity contribution in [1.82, 2.24) is 25.3 Å². The summed E-state index contributed by atoms with van der Waals surface area (Å²) in [6.07, 6.45) is 1.88. The summed E-state index contributed by atoms with van der Waals surface area (Å²) in [5.41, 5.74) is 7.64. The number of piperazine rings is 1. The molecule has 2 heterocycles. The van der Waals surface area contributed by atoms with E-state index in [-0.39, 0.29) is 5.91 Å². The number of aromatic nitrogens is 2. The first-order valence-corrected chi connectivity index (χ1v) is 11.1. The van der Waals surface area contributed by atoms with Crippen molar-refractivity contribution in [1.29, 1.82) is 0 Å². The van der Waals surface area contributed by atoms with Gasteiger partial charge in [0.25, 0.3) is 5.91 Å². The highest BCUT2D eigenvalue weighted by atomic mass is 16.1. The molecule has 5 rings (SSSR count). The molecule has 1 aliphatic carbocycles. The fraction of sp³-hybridized carbons (Fsp3) is 0.360. The quantitative estimate of drug-likeness (QED) is 0.475. The lowest BCUT2D eigenvalue weighted by atomic mass is 10.0. The summed E-state index contributed by atoms with van der Waals surface area (Å²) in [7, 11) is 2.17. The number of likely N-dealkylation sites (N-methyl/N-ethyl adjacent to an activating group) is 1. The van der Waals surface area contributed by atoms with E-state index in [1.165, 1.54) is 16.7 Å². The Kier molecular flexibility index (Phi) is 5.57. The Balaban J connectivity index is 1.17. The fourth-order valence-electron chi connectivity index (χ4n) is 4.57. The van der Waals surface area contributed by atoms with Crippen molar-refractivity contribution in [3.05, 3.63) is 65.2 Å². The zero-order chi connectivity index (χ0) is 21.2. The van der Waals surface area contributed by atoms with Crippen molar-refractivity contribution in [2.75, 3.05) is 46.3 Å². The lowest BCUT2D eigenvalue weighted by Crippen LogP contribution is -2.45. The second-order valence-electron chi connectivity index (χ2n) is 8.59. The van der Waals surface area contributed by atoms with E-state index in [2.05, 4.69) is 56.6 Å². The first-order chi connectivity index (χ1) is 15.2. The molecule has 0 bridgehead atoms. The smallest absolute Gasteiger partial charge is 0.251 e. The third-order valence-corrected chi connectivity index (χ3v) is 6.47. The van der Waals surface area contributed by atoms with E-state index in [0.29, 0.717) is 12.1 Å². The topological polar surface area (TPSA) is 64.3 Å². The van der Waals surface area contributed by atoms with Crippen LogP contribution in [0.3, 0.4) is 0 Å². The molecule has 1 aliphatic heterocycles. The molecular formula is C25H29N5O. The van der Waals surface area contributed by atoms with Gasteiger partial charge in [0.05, 0.1) is 11.4 Å². The Morgan fingerprint density at radius 2 is 1.84 bits per heavy atom. The van der Waals surface area contributed by atoms with Crippen LogP contribution < -0.4 is 5.32 Å². The lowest BCUT2D eigenvalue weighted by Gasteiger charge is -2.32. The number of benzene rings is 2. The molecule has 160 valence electrons. The minimum absolute atomic E-state index is 0.00964. The Morgan fingerprint density at radius 3 is 2.65 bits per heavy atom. The van der Waals surface area contributed by atoms with Gasteiger partial charge in [-0.25, -0.2) is 0 Å². The van der Waals surface area contributed by atoms with E-state index in [4.69, 9.17) is 0 Å². The number of fused-ring (bicyclic) bond motifs is 3. The largest absolute Gasteiger partial charge is 0.352 e. The molecule has 31 heavy (non-hydrogen) atoms. The predicted molar refractivity (Wildman–Crippen MR) is 123 cm³/mol. The van der Waals surface area contributed by atoms with E-state index in [1.807, 2.05) is 24.3 Å². The third kappa shape index (κ3) is 4.13. The van der Waals surface area contributed by atoms with Gasteiger partial charge in [0, 0.05) is 61.4 Å². The Hall–Kier alpha value is -2.96. The summed E-state index contributed by atoms with van der Waals surface area (Å²) in [4.78, 5) is 17.4. The Bertz CT molecular complexity index is 1060. The Labute approximate surface area is 183 Å². The van der Waals surface area contributed by atoms with Crippen LogP contribution in [0.2, 0.25) is 0 Å². The van der Waals surface area contributed by atoms with Crippen LogP contribution in [0.5, 0.6) is 0 Å². The molecule has 0 unspecified atom stereocenters. The molecule has 0 atom stereocenters. The normalized spacial score (nSPS) is 16.2.